The quantitative estimate of drug-likeness (QED) is 0.436. The number of allylic oxidation sites excluding steroid dienone is 1. The average Bonchev–Trinajstić information content (AvgIpc) is 3.27. The molecule has 0 radical (unpaired) electrons. The molecule has 1 aliphatic carbocycles. The molecule has 3 atom stereocenters. The molecule has 3 aromatic rings. The van der Waals surface area contributed by atoms with Gasteiger partial charge >= 0.3 is 0 Å². The maximum absolute atomic E-state index is 14.3. The lowest BCUT2D eigenvalue weighted by atomic mass is 9.98. The molecule has 148 valence electrons. The molecule has 3 aromatic carbocycles. The molecule has 4 heteroatoms. The van der Waals surface area contributed by atoms with Crippen LogP contribution in [0.25, 0.3) is 11.1 Å². The molecule has 0 aliphatic heterocycles. The third-order valence-electron chi connectivity index (χ3n) is 5.75. The van der Waals surface area contributed by atoms with E-state index >= 15 is 0 Å². The average molecular weight is 410 g/mol. The summed E-state index contributed by atoms with van der Waals surface area (Å²) in [5.41, 5.74) is 3.99. The van der Waals surface area contributed by atoms with Gasteiger partial charge in [-0.25, -0.2) is 8.78 Å². The highest BCUT2D eigenvalue weighted by Gasteiger charge is 2.62. The molecule has 0 heterocycles. The van der Waals surface area contributed by atoms with Gasteiger partial charge < -0.3 is 5.32 Å². The third kappa shape index (κ3) is 3.56. The molecule has 4 rings (SSSR count). The normalized spacial score (nSPS) is 22.9. The fourth-order valence-electron chi connectivity index (χ4n) is 4.19. The Bertz CT molecular complexity index is 1060. The Hall–Kier alpha value is -2.65. The van der Waals surface area contributed by atoms with Gasteiger partial charge in [-0.3, -0.25) is 0 Å². The van der Waals surface area contributed by atoms with Crippen molar-refractivity contribution in [2.45, 2.75) is 24.6 Å². The van der Waals surface area contributed by atoms with Gasteiger partial charge in [0, 0.05) is 23.2 Å². The van der Waals surface area contributed by atoms with Crippen LogP contribution in [0.2, 0.25) is 0 Å². The number of nitrogens with one attached hydrogen (secondary N) is 1. The van der Waals surface area contributed by atoms with E-state index in [1.807, 2.05) is 44.2 Å². The highest BCUT2D eigenvalue weighted by molar-refractivity contribution is 6.27. The van der Waals surface area contributed by atoms with E-state index in [0.717, 1.165) is 16.9 Å². The van der Waals surface area contributed by atoms with Gasteiger partial charge in [-0.05, 0) is 54.8 Å². The van der Waals surface area contributed by atoms with Gasteiger partial charge in [0.2, 0.25) is 0 Å². The third-order valence-corrected chi connectivity index (χ3v) is 6.22. The zero-order valence-electron chi connectivity index (χ0n) is 16.3. The van der Waals surface area contributed by atoms with Crippen molar-refractivity contribution < 1.29 is 8.78 Å². The van der Waals surface area contributed by atoms with E-state index in [-0.39, 0.29) is 17.4 Å². The number of rotatable bonds is 5. The second-order valence-corrected chi connectivity index (χ2v) is 8.61. The van der Waals surface area contributed by atoms with Gasteiger partial charge in [0.25, 0.3) is 0 Å². The first-order chi connectivity index (χ1) is 13.8. The van der Waals surface area contributed by atoms with Crippen LogP contribution >= 0.6 is 11.6 Å². The lowest BCUT2D eigenvalue weighted by Gasteiger charge is -2.14. The number of anilines is 1. The smallest absolute Gasteiger partial charge is 0.133 e. The molecule has 1 fully saturated rings. The maximum atomic E-state index is 14.3. The van der Waals surface area contributed by atoms with E-state index in [1.165, 1.54) is 23.8 Å². The summed E-state index contributed by atoms with van der Waals surface area (Å²) in [6.07, 6.45) is 0. The summed E-state index contributed by atoms with van der Waals surface area (Å²) >= 11 is 6.76. The van der Waals surface area contributed by atoms with Gasteiger partial charge in [0.05, 0.1) is 10.4 Å². The predicted octanol–water partition coefficient (Wildman–Crippen LogP) is 7.28. The van der Waals surface area contributed by atoms with Crippen molar-refractivity contribution in [1.82, 2.24) is 0 Å². The van der Waals surface area contributed by atoms with E-state index in [4.69, 9.17) is 11.6 Å². The minimum Gasteiger partial charge on any atom is -0.359 e. The SMILES string of the molecule is C=C(Nc1ccc(C)c(-c2c(F)cccc2F)c1)C1C(c2ccccc2)C1(C)Cl. The molecule has 0 spiro atoms. The number of hydrogen-bond acceptors (Lipinski definition) is 1. The summed E-state index contributed by atoms with van der Waals surface area (Å²) in [6, 6.07) is 19.5. The lowest BCUT2D eigenvalue weighted by molar-refractivity contribution is 0.589. The van der Waals surface area contributed by atoms with E-state index in [0.29, 0.717) is 5.56 Å². The Labute approximate surface area is 175 Å². The summed E-state index contributed by atoms with van der Waals surface area (Å²) in [5, 5.41) is 3.31. The molecular formula is C25H22ClF2N. The molecule has 3 unspecified atom stereocenters. The van der Waals surface area contributed by atoms with Crippen LogP contribution < -0.4 is 5.32 Å². The fourth-order valence-corrected chi connectivity index (χ4v) is 4.64. The van der Waals surface area contributed by atoms with Crippen molar-refractivity contribution >= 4 is 17.3 Å². The molecule has 0 bridgehead atoms. The van der Waals surface area contributed by atoms with Crippen LogP contribution in [0.15, 0.2) is 79.0 Å². The van der Waals surface area contributed by atoms with E-state index < -0.39 is 16.5 Å². The fraction of sp³-hybridized carbons (Fsp3) is 0.200. The van der Waals surface area contributed by atoms with Crippen LogP contribution in [0.3, 0.4) is 0 Å². The second kappa shape index (κ2) is 7.31. The molecule has 1 nitrogen and oxygen atoms in total. The Kier molecular flexibility index (Phi) is 4.95. The molecule has 1 aliphatic rings. The number of benzene rings is 3. The zero-order valence-corrected chi connectivity index (χ0v) is 17.1. The van der Waals surface area contributed by atoms with Gasteiger partial charge in [0.15, 0.2) is 0 Å². The van der Waals surface area contributed by atoms with Gasteiger partial charge in [-0.15, -0.1) is 11.6 Å². The van der Waals surface area contributed by atoms with Gasteiger partial charge in [-0.2, -0.15) is 0 Å². The van der Waals surface area contributed by atoms with Crippen molar-refractivity contribution in [2.75, 3.05) is 5.32 Å². The van der Waals surface area contributed by atoms with Crippen molar-refractivity contribution in [3.05, 3.63) is 102 Å². The predicted molar refractivity (Wildman–Crippen MR) is 116 cm³/mol. The highest BCUT2D eigenvalue weighted by Crippen LogP contribution is 2.64. The number of alkyl halides is 1. The van der Waals surface area contributed by atoms with E-state index in [9.17, 15) is 8.78 Å². The summed E-state index contributed by atoms with van der Waals surface area (Å²) in [5.74, 6) is -0.937. The molecule has 29 heavy (non-hydrogen) atoms. The van der Waals surface area contributed by atoms with Crippen LogP contribution in [0, 0.1) is 24.5 Å². The Morgan fingerprint density at radius 2 is 1.66 bits per heavy atom. The maximum Gasteiger partial charge on any atom is 0.133 e. The van der Waals surface area contributed by atoms with E-state index in [1.54, 1.807) is 6.07 Å². The summed E-state index contributed by atoms with van der Waals surface area (Å²) in [4.78, 5) is -0.420. The Morgan fingerprint density at radius 3 is 2.31 bits per heavy atom. The first-order valence-electron chi connectivity index (χ1n) is 9.55. The van der Waals surface area contributed by atoms with Crippen molar-refractivity contribution in [1.29, 1.82) is 0 Å². The minimum absolute atomic E-state index is 0.0185. The first kappa shape index (κ1) is 19.7. The molecule has 0 saturated heterocycles. The first-order valence-corrected chi connectivity index (χ1v) is 9.93. The van der Waals surface area contributed by atoms with Crippen molar-refractivity contribution in [2.24, 2.45) is 5.92 Å². The number of aryl methyl sites for hydroxylation is 1. The topological polar surface area (TPSA) is 12.0 Å². The van der Waals surface area contributed by atoms with Crippen LogP contribution in [0.4, 0.5) is 14.5 Å². The van der Waals surface area contributed by atoms with Crippen LogP contribution in [0.5, 0.6) is 0 Å². The van der Waals surface area contributed by atoms with Crippen molar-refractivity contribution in [3.63, 3.8) is 0 Å². The number of halogens is 3. The highest BCUT2D eigenvalue weighted by atomic mass is 35.5. The molecular weight excluding hydrogens is 388 g/mol. The lowest BCUT2D eigenvalue weighted by Crippen LogP contribution is -2.06. The van der Waals surface area contributed by atoms with Crippen LogP contribution in [-0.4, -0.2) is 4.87 Å². The van der Waals surface area contributed by atoms with Crippen molar-refractivity contribution in [3.8, 4) is 11.1 Å². The number of hydrogen-bond donors (Lipinski definition) is 1. The Balaban J connectivity index is 1.60. The van der Waals surface area contributed by atoms with Gasteiger partial charge in [0.1, 0.15) is 11.6 Å². The zero-order chi connectivity index (χ0) is 20.8. The molecule has 0 amide bonds. The van der Waals surface area contributed by atoms with Crippen LogP contribution in [0.1, 0.15) is 24.0 Å². The van der Waals surface area contributed by atoms with E-state index in [2.05, 4.69) is 24.0 Å². The molecule has 0 aromatic heterocycles. The largest absolute Gasteiger partial charge is 0.359 e. The standard InChI is InChI=1S/C25H22ClF2N/c1-15-12-13-18(14-19(15)22-20(27)10-7-11-21(22)28)29-16(2)23-24(25(23,3)26)17-8-5-4-6-9-17/h4-14,23-24,29H,2H2,1,3H3. The summed E-state index contributed by atoms with van der Waals surface area (Å²) in [7, 11) is 0. The molecule has 1 N–H and O–H groups in total. The van der Waals surface area contributed by atoms with Gasteiger partial charge in [-0.1, -0.05) is 49.0 Å². The molecule has 1 saturated carbocycles. The summed E-state index contributed by atoms with van der Waals surface area (Å²) in [6.45, 7) is 8.05. The second-order valence-electron chi connectivity index (χ2n) is 7.79. The summed E-state index contributed by atoms with van der Waals surface area (Å²) < 4.78 is 28.6. The minimum atomic E-state index is -0.580. The van der Waals surface area contributed by atoms with Crippen LogP contribution in [-0.2, 0) is 0 Å². The Morgan fingerprint density at radius 1 is 1.00 bits per heavy atom. The monoisotopic (exact) mass is 409 g/mol.